The zero-order valence-corrected chi connectivity index (χ0v) is 9.67. The lowest BCUT2D eigenvalue weighted by atomic mass is 10.1. The third-order valence-electron chi connectivity index (χ3n) is 2.50. The summed E-state index contributed by atoms with van der Waals surface area (Å²) in [6.07, 6.45) is 0. The number of rotatable bonds is 2. The molecule has 1 N–H and O–H groups in total. The van der Waals surface area contributed by atoms with Gasteiger partial charge in [0.2, 0.25) is 0 Å². The molecule has 0 amide bonds. The van der Waals surface area contributed by atoms with Crippen LogP contribution in [0.2, 0.25) is 0 Å². The molecule has 0 unspecified atom stereocenters. The molecule has 0 spiro atoms. The van der Waals surface area contributed by atoms with Crippen LogP contribution in [0, 0.1) is 29.9 Å². The molecule has 18 heavy (non-hydrogen) atoms. The van der Waals surface area contributed by atoms with Crippen LogP contribution in [0.15, 0.2) is 36.4 Å². The summed E-state index contributed by atoms with van der Waals surface area (Å²) in [4.78, 5) is 0. The third kappa shape index (κ3) is 2.30. The van der Waals surface area contributed by atoms with Crippen molar-refractivity contribution in [1.82, 2.24) is 0 Å². The van der Waals surface area contributed by atoms with Gasteiger partial charge in [-0.3, -0.25) is 0 Å². The summed E-state index contributed by atoms with van der Waals surface area (Å²) in [5.74, 6) is -2.18. The predicted molar refractivity (Wildman–Crippen MR) is 65.5 cm³/mol. The van der Waals surface area contributed by atoms with E-state index in [2.05, 4.69) is 5.32 Å². The van der Waals surface area contributed by atoms with E-state index in [0.717, 1.165) is 5.56 Å². The van der Waals surface area contributed by atoms with E-state index in [-0.39, 0.29) is 11.3 Å². The Morgan fingerprint density at radius 2 is 1.89 bits per heavy atom. The minimum Gasteiger partial charge on any atom is -0.353 e. The molecule has 2 aromatic rings. The van der Waals surface area contributed by atoms with Gasteiger partial charge in [-0.15, -0.1) is 0 Å². The highest BCUT2D eigenvalue weighted by molar-refractivity contribution is 5.62. The molecular weight excluding hydrogens is 234 g/mol. The molecule has 0 aliphatic rings. The van der Waals surface area contributed by atoms with Crippen LogP contribution in [0.1, 0.15) is 11.1 Å². The van der Waals surface area contributed by atoms with Gasteiger partial charge in [0.25, 0.3) is 0 Å². The number of nitriles is 1. The first-order chi connectivity index (χ1) is 8.61. The van der Waals surface area contributed by atoms with Crippen LogP contribution in [0.25, 0.3) is 0 Å². The molecule has 2 rings (SSSR count). The SMILES string of the molecule is Cc1cccc(Nc2ccc(C#N)c(F)c2F)c1. The van der Waals surface area contributed by atoms with E-state index in [1.807, 2.05) is 25.1 Å². The van der Waals surface area contributed by atoms with Crippen LogP contribution < -0.4 is 5.32 Å². The molecule has 4 heteroatoms. The zero-order valence-electron chi connectivity index (χ0n) is 9.67. The first kappa shape index (κ1) is 12.1. The van der Waals surface area contributed by atoms with E-state index in [9.17, 15) is 8.78 Å². The Morgan fingerprint density at radius 3 is 2.56 bits per heavy atom. The van der Waals surface area contributed by atoms with Crippen LogP contribution in [0.3, 0.4) is 0 Å². The number of hydrogen-bond donors (Lipinski definition) is 1. The molecule has 90 valence electrons. The lowest BCUT2D eigenvalue weighted by Crippen LogP contribution is -1.98. The highest BCUT2D eigenvalue weighted by Crippen LogP contribution is 2.24. The highest BCUT2D eigenvalue weighted by Gasteiger charge is 2.13. The summed E-state index contributed by atoms with van der Waals surface area (Å²) in [5, 5.41) is 11.4. The van der Waals surface area contributed by atoms with Gasteiger partial charge in [-0.05, 0) is 36.8 Å². The third-order valence-corrected chi connectivity index (χ3v) is 2.50. The topological polar surface area (TPSA) is 35.8 Å². The van der Waals surface area contributed by atoms with E-state index in [1.165, 1.54) is 12.1 Å². The van der Waals surface area contributed by atoms with Gasteiger partial charge in [0.15, 0.2) is 11.6 Å². The number of nitrogens with zero attached hydrogens (tertiary/aromatic N) is 1. The number of halogens is 2. The molecule has 0 saturated carbocycles. The maximum absolute atomic E-state index is 13.6. The monoisotopic (exact) mass is 244 g/mol. The zero-order chi connectivity index (χ0) is 13.1. The lowest BCUT2D eigenvalue weighted by molar-refractivity contribution is 0.509. The van der Waals surface area contributed by atoms with Crippen molar-refractivity contribution in [2.75, 3.05) is 5.32 Å². The van der Waals surface area contributed by atoms with Crippen molar-refractivity contribution in [2.45, 2.75) is 6.92 Å². The average Bonchev–Trinajstić information content (AvgIpc) is 2.35. The summed E-state index contributed by atoms with van der Waals surface area (Å²) < 4.78 is 27.1. The molecule has 0 heterocycles. The van der Waals surface area contributed by atoms with Gasteiger partial charge in [0, 0.05) is 5.69 Å². The van der Waals surface area contributed by atoms with Gasteiger partial charge in [0.1, 0.15) is 6.07 Å². The second kappa shape index (κ2) is 4.84. The van der Waals surface area contributed by atoms with Gasteiger partial charge in [-0.1, -0.05) is 12.1 Å². The summed E-state index contributed by atoms with van der Waals surface area (Å²) in [6, 6.07) is 11.5. The molecular formula is C14H10F2N2. The average molecular weight is 244 g/mol. The van der Waals surface area contributed by atoms with Crippen molar-refractivity contribution < 1.29 is 8.78 Å². The van der Waals surface area contributed by atoms with Crippen molar-refractivity contribution in [2.24, 2.45) is 0 Å². The Bertz CT molecular complexity index is 630. The summed E-state index contributed by atoms with van der Waals surface area (Å²) >= 11 is 0. The van der Waals surface area contributed by atoms with Crippen LogP contribution in [0.5, 0.6) is 0 Å². The lowest BCUT2D eigenvalue weighted by Gasteiger charge is -2.09. The Balaban J connectivity index is 2.36. The first-order valence-electron chi connectivity index (χ1n) is 5.33. The van der Waals surface area contributed by atoms with Crippen LogP contribution in [-0.4, -0.2) is 0 Å². The summed E-state index contributed by atoms with van der Waals surface area (Å²) in [5.41, 5.74) is 1.38. The van der Waals surface area contributed by atoms with Crippen LogP contribution >= 0.6 is 0 Å². The molecule has 0 aliphatic carbocycles. The maximum Gasteiger partial charge on any atom is 0.183 e. The fourth-order valence-electron chi connectivity index (χ4n) is 1.61. The van der Waals surface area contributed by atoms with E-state index in [0.29, 0.717) is 5.69 Å². The molecule has 0 radical (unpaired) electrons. The maximum atomic E-state index is 13.6. The minimum atomic E-state index is -1.13. The van der Waals surface area contributed by atoms with E-state index in [1.54, 1.807) is 12.1 Å². The Morgan fingerprint density at radius 1 is 1.11 bits per heavy atom. The van der Waals surface area contributed by atoms with Crippen molar-refractivity contribution in [3.63, 3.8) is 0 Å². The fraction of sp³-hybridized carbons (Fsp3) is 0.0714. The number of nitrogens with one attached hydrogen (secondary N) is 1. The van der Waals surface area contributed by atoms with Crippen molar-refractivity contribution in [1.29, 1.82) is 5.26 Å². The Kier molecular flexibility index (Phi) is 3.24. The molecule has 0 bridgehead atoms. The van der Waals surface area contributed by atoms with Gasteiger partial charge in [0.05, 0.1) is 11.3 Å². The van der Waals surface area contributed by atoms with Crippen molar-refractivity contribution in [3.05, 3.63) is 59.2 Å². The molecule has 0 aliphatic heterocycles. The Labute approximate surface area is 103 Å². The largest absolute Gasteiger partial charge is 0.353 e. The standard InChI is InChI=1S/C14H10F2N2/c1-9-3-2-4-11(7-9)18-12-6-5-10(8-17)13(15)14(12)16/h2-7,18H,1H3. The van der Waals surface area contributed by atoms with Gasteiger partial charge in [-0.2, -0.15) is 5.26 Å². The highest BCUT2D eigenvalue weighted by atomic mass is 19.2. The summed E-state index contributed by atoms with van der Waals surface area (Å²) in [6.45, 7) is 1.90. The van der Waals surface area contributed by atoms with E-state index in [4.69, 9.17) is 5.26 Å². The van der Waals surface area contributed by atoms with Gasteiger partial charge in [-0.25, -0.2) is 8.78 Å². The van der Waals surface area contributed by atoms with Gasteiger partial charge >= 0.3 is 0 Å². The number of hydrogen-bond acceptors (Lipinski definition) is 2. The second-order valence-corrected chi connectivity index (χ2v) is 3.89. The normalized spacial score (nSPS) is 9.89. The predicted octanol–water partition coefficient (Wildman–Crippen LogP) is 3.89. The number of benzene rings is 2. The van der Waals surface area contributed by atoms with E-state index < -0.39 is 11.6 Å². The van der Waals surface area contributed by atoms with Crippen LogP contribution in [0.4, 0.5) is 20.2 Å². The number of aryl methyl sites for hydroxylation is 1. The fourth-order valence-corrected chi connectivity index (χ4v) is 1.61. The van der Waals surface area contributed by atoms with E-state index >= 15 is 0 Å². The van der Waals surface area contributed by atoms with Crippen molar-refractivity contribution >= 4 is 11.4 Å². The number of anilines is 2. The molecule has 0 fully saturated rings. The molecule has 2 aromatic carbocycles. The minimum absolute atomic E-state index is 0.0112. The molecule has 2 nitrogen and oxygen atoms in total. The quantitative estimate of drug-likeness (QED) is 0.869. The summed E-state index contributed by atoms with van der Waals surface area (Å²) in [7, 11) is 0. The van der Waals surface area contributed by atoms with Crippen molar-refractivity contribution in [3.8, 4) is 6.07 Å². The Hall–Kier alpha value is -2.41. The van der Waals surface area contributed by atoms with Crippen LogP contribution in [-0.2, 0) is 0 Å². The second-order valence-electron chi connectivity index (χ2n) is 3.89. The molecule has 0 atom stereocenters. The molecule has 0 aromatic heterocycles. The first-order valence-corrected chi connectivity index (χ1v) is 5.33. The molecule has 0 saturated heterocycles. The smallest absolute Gasteiger partial charge is 0.183 e. The van der Waals surface area contributed by atoms with Gasteiger partial charge < -0.3 is 5.32 Å².